The lowest BCUT2D eigenvalue weighted by molar-refractivity contribution is -0.138. The van der Waals surface area contributed by atoms with E-state index in [1.54, 1.807) is 0 Å². The molecule has 2 aliphatic rings. The van der Waals surface area contributed by atoms with E-state index < -0.39 is 0 Å². The third kappa shape index (κ3) is 4.30. The first-order valence-electron chi connectivity index (χ1n) is 10.2. The molecule has 1 unspecified atom stereocenters. The van der Waals surface area contributed by atoms with Crippen molar-refractivity contribution in [3.8, 4) is 11.5 Å². The maximum atomic E-state index is 12.9. The molecule has 0 aliphatic carbocycles. The minimum atomic E-state index is -0.0624. The minimum absolute atomic E-state index is 0.0624. The maximum Gasteiger partial charge on any atom is 0.229 e. The van der Waals surface area contributed by atoms with Gasteiger partial charge in [-0.3, -0.25) is 9.69 Å². The lowest BCUT2D eigenvalue weighted by atomic mass is 9.95. The van der Waals surface area contributed by atoms with Crippen LogP contribution in [0.15, 0.2) is 48.5 Å². The topological polar surface area (TPSA) is 42.0 Å². The van der Waals surface area contributed by atoms with Crippen LogP contribution < -0.4 is 9.47 Å². The Morgan fingerprint density at radius 2 is 1.82 bits per heavy atom. The number of hydrogen-bond acceptors (Lipinski definition) is 4. The number of amides is 1. The van der Waals surface area contributed by atoms with Crippen LogP contribution in [0, 0.1) is 5.92 Å². The number of nitrogens with zero attached hydrogens (tertiary/aromatic N) is 2. The van der Waals surface area contributed by atoms with E-state index in [9.17, 15) is 4.79 Å². The van der Waals surface area contributed by atoms with Crippen LogP contribution in [0.4, 0.5) is 0 Å². The fraction of sp³-hybridized carbons (Fsp3) is 0.435. The van der Waals surface area contributed by atoms with Gasteiger partial charge in [0.2, 0.25) is 5.91 Å². The minimum Gasteiger partial charge on any atom is -0.494 e. The highest BCUT2D eigenvalue weighted by molar-refractivity contribution is 5.80. The first-order valence-corrected chi connectivity index (χ1v) is 10.2. The Morgan fingerprint density at radius 1 is 1.07 bits per heavy atom. The van der Waals surface area contributed by atoms with E-state index in [-0.39, 0.29) is 11.8 Å². The highest BCUT2D eigenvalue weighted by atomic mass is 16.5. The Labute approximate surface area is 166 Å². The number of fused-ring (bicyclic) bond motifs is 1. The zero-order chi connectivity index (χ0) is 19.3. The number of benzene rings is 2. The molecule has 2 aromatic carbocycles. The molecular formula is C23H28N2O3. The summed E-state index contributed by atoms with van der Waals surface area (Å²) in [7, 11) is 0. The SMILES string of the molecule is CCOc1ccc(CN2CCN(C(=O)C3COc4ccccc4C3)CC2)cc1. The summed E-state index contributed by atoms with van der Waals surface area (Å²) in [6.45, 7) is 7.46. The molecule has 1 atom stereocenters. The third-order valence-electron chi connectivity index (χ3n) is 5.55. The molecule has 0 bridgehead atoms. The molecule has 5 nitrogen and oxygen atoms in total. The van der Waals surface area contributed by atoms with E-state index >= 15 is 0 Å². The molecule has 28 heavy (non-hydrogen) atoms. The van der Waals surface area contributed by atoms with E-state index in [1.165, 1.54) is 5.56 Å². The average Bonchev–Trinajstić information content (AvgIpc) is 2.75. The second-order valence-corrected chi connectivity index (χ2v) is 7.50. The second kappa shape index (κ2) is 8.65. The van der Waals surface area contributed by atoms with Gasteiger partial charge in [0.25, 0.3) is 0 Å². The highest BCUT2D eigenvalue weighted by Crippen LogP contribution is 2.28. The number of carbonyl (C=O) groups excluding carboxylic acids is 1. The number of carbonyl (C=O) groups is 1. The molecule has 0 saturated carbocycles. The number of para-hydroxylation sites is 1. The summed E-state index contributed by atoms with van der Waals surface area (Å²) in [6, 6.07) is 16.3. The molecule has 4 rings (SSSR count). The average molecular weight is 380 g/mol. The summed E-state index contributed by atoms with van der Waals surface area (Å²) in [5.41, 5.74) is 2.42. The Bertz CT molecular complexity index is 798. The molecular weight excluding hydrogens is 352 g/mol. The summed E-state index contributed by atoms with van der Waals surface area (Å²) in [5.74, 6) is 2.01. The Balaban J connectivity index is 1.27. The zero-order valence-electron chi connectivity index (χ0n) is 16.5. The van der Waals surface area contributed by atoms with Gasteiger partial charge in [0, 0.05) is 32.7 Å². The van der Waals surface area contributed by atoms with E-state index in [0.717, 1.165) is 56.2 Å². The Morgan fingerprint density at radius 3 is 2.57 bits per heavy atom. The fourth-order valence-electron chi connectivity index (χ4n) is 3.99. The molecule has 5 heteroatoms. The van der Waals surface area contributed by atoms with Crippen LogP contribution in [0.25, 0.3) is 0 Å². The standard InChI is InChI=1S/C23H28N2O3/c1-2-27-21-9-7-18(8-10-21)16-24-11-13-25(14-12-24)23(26)20-15-19-5-3-4-6-22(19)28-17-20/h3-10,20H,2,11-17H2,1H3. The number of hydrogen-bond donors (Lipinski definition) is 0. The summed E-state index contributed by atoms with van der Waals surface area (Å²) in [5, 5.41) is 0. The van der Waals surface area contributed by atoms with Crippen LogP contribution in [-0.4, -0.2) is 55.1 Å². The lowest BCUT2D eigenvalue weighted by Crippen LogP contribution is -2.51. The fourth-order valence-corrected chi connectivity index (χ4v) is 3.99. The van der Waals surface area contributed by atoms with Crippen LogP contribution in [0.1, 0.15) is 18.1 Å². The molecule has 1 saturated heterocycles. The van der Waals surface area contributed by atoms with Crippen molar-refractivity contribution in [2.75, 3.05) is 39.4 Å². The summed E-state index contributed by atoms with van der Waals surface area (Å²) < 4.78 is 11.3. The first kappa shape index (κ1) is 18.8. The molecule has 0 N–H and O–H groups in total. The Hall–Kier alpha value is -2.53. The molecule has 2 heterocycles. The normalized spacial score (nSPS) is 19.6. The van der Waals surface area contributed by atoms with Gasteiger partial charge in [-0.1, -0.05) is 30.3 Å². The predicted molar refractivity (Wildman–Crippen MR) is 109 cm³/mol. The van der Waals surface area contributed by atoms with Gasteiger partial charge in [-0.25, -0.2) is 0 Å². The molecule has 1 fully saturated rings. The van der Waals surface area contributed by atoms with E-state index in [2.05, 4.69) is 23.1 Å². The largest absolute Gasteiger partial charge is 0.494 e. The van der Waals surface area contributed by atoms with Crippen molar-refractivity contribution in [3.63, 3.8) is 0 Å². The molecule has 148 valence electrons. The van der Waals surface area contributed by atoms with E-state index in [4.69, 9.17) is 9.47 Å². The van der Waals surface area contributed by atoms with Gasteiger partial charge in [-0.05, 0) is 42.7 Å². The van der Waals surface area contributed by atoms with Crippen LogP contribution in [0.5, 0.6) is 11.5 Å². The number of piperazine rings is 1. The summed E-state index contributed by atoms with van der Waals surface area (Å²) >= 11 is 0. The number of ether oxygens (including phenoxy) is 2. The summed E-state index contributed by atoms with van der Waals surface area (Å²) in [4.78, 5) is 17.4. The van der Waals surface area contributed by atoms with Gasteiger partial charge < -0.3 is 14.4 Å². The highest BCUT2D eigenvalue weighted by Gasteiger charge is 2.31. The van der Waals surface area contributed by atoms with Gasteiger partial charge in [-0.15, -0.1) is 0 Å². The smallest absolute Gasteiger partial charge is 0.229 e. The van der Waals surface area contributed by atoms with Crippen LogP contribution in [0.2, 0.25) is 0 Å². The van der Waals surface area contributed by atoms with Crippen molar-refractivity contribution in [1.82, 2.24) is 9.80 Å². The molecule has 2 aliphatic heterocycles. The third-order valence-corrected chi connectivity index (χ3v) is 5.55. The Kier molecular flexibility index (Phi) is 5.81. The molecule has 1 amide bonds. The van der Waals surface area contributed by atoms with Crippen molar-refractivity contribution < 1.29 is 14.3 Å². The van der Waals surface area contributed by atoms with Crippen LogP contribution >= 0.6 is 0 Å². The maximum absolute atomic E-state index is 12.9. The van der Waals surface area contributed by atoms with E-state index in [1.807, 2.05) is 42.2 Å². The molecule has 2 aromatic rings. The van der Waals surface area contributed by atoms with Gasteiger partial charge in [0.05, 0.1) is 12.5 Å². The zero-order valence-corrected chi connectivity index (χ0v) is 16.5. The molecule has 0 spiro atoms. The van der Waals surface area contributed by atoms with Gasteiger partial charge in [0.1, 0.15) is 18.1 Å². The quantitative estimate of drug-likeness (QED) is 0.800. The van der Waals surface area contributed by atoms with Crippen molar-refractivity contribution in [3.05, 3.63) is 59.7 Å². The molecule has 0 radical (unpaired) electrons. The lowest BCUT2D eigenvalue weighted by Gasteiger charge is -2.37. The monoisotopic (exact) mass is 380 g/mol. The van der Waals surface area contributed by atoms with Crippen LogP contribution in [-0.2, 0) is 17.8 Å². The first-order chi connectivity index (χ1) is 13.7. The predicted octanol–water partition coefficient (Wildman–Crippen LogP) is 2.98. The van der Waals surface area contributed by atoms with Gasteiger partial charge >= 0.3 is 0 Å². The summed E-state index contributed by atoms with van der Waals surface area (Å²) in [6.07, 6.45) is 0.779. The van der Waals surface area contributed by atoms with Crippen molar-refractivity contribution in [1.29, 1.82) is 0 Å². The second-order valence-electron chi connectivity index (χ2n) is 7.50. The van der Waals surface area contributed by atoms with Crippen LogP contribution in [0.3, 0.4) is 0 Å². The van der Waals surface area contributed by atoms with Crippen molar-refractivity contribution in [2.45, 2.75) is 19.9 Å². The molecule has 0 aromatic heterocycles. The number of rotatable bonds is 5. The van der Waals surface area contributed by atoms with Crippen molar-refractivity contribution >= 4 is 5.91 Å². The van der Waals surface area contributed by atoms with E-state index in [0.29, 0.717) is 13.2 Å². The van der Waals surface area contributed by atoms with Gasteiger partial charge in [0.15, 0.2) is 0 Å². The van der Waals surface area contributed by atoms with Gasteiger partial charge in [-0.2, -0.15) is 0 Å². The van der Waals surface area contributed by atoms with Crippen molar-refractivity contribution in [2.24, 2.45) is 5.92 Å².